The molecule has 6 nitrogen and oxygen atoms in total. The third-order valence-corrected chi connectivity index (χ3v) is 3.25. The Hall–Kier alpha value is -2.08. The minimum Gasteiger partial charge on any atom is -0.508 e. The van der Waals surface area contributed by atoms with Gasteiger partial charge >= 0.3 is 0 Å². The molecule has 1 aliphatic heterocycles. The minimum atomic E-state index is -0.761. The number of hydrogen-bond acceptors (Lipinski definition) is 4. The lowest BCUT2D eigenvalue weighted by Crippen LogP contribution is -2.54. The van der Waals surface area contributed by atoms with Gasteiger partial charge in [-0.2, -0.15) is 0 Å². The molecule has 1 atom stereocenters. The van der Waals surface area contributed by atoms with E-state index in [1.165, 1.54) is 11.0 Å². The number of phenolic OH excluding ortho intramolecular Hbond substituents is 1. The van der Waals surface area contributed by atoms with Gasteiger partial charge in [0.1, 0.15) is 11.8 Å². The summed E-state index contributed by atoms with van der Waals surface area (Å²) in [6.45, 7) is 2.44. The zero-order valence-electron chi connectivity index (χ0n) is 10.6. The van der Waals surface area contributed by atoms with E-state index in [0.29, 0.717) is 24.3 Å². The van der Waals surface area contributed by atoms with Gasteiger partial charge < -0.3 is 20.5 Å². The van der Waals surface area contributed by atoms with Gasteiger partial charge in [-0.3, -0.25) is 9.59 Å². The van der Waals surface area contributed by atoms with Gasteiger partial charge in [0.15, 0.2) is 0 Å². The molecule has 1 saturated heterocycles. The molecule has 0 aromatic heterocycles. The van der Waals surface area contributed by atoms with Crippen LogP contribution >= 0.6 is 0 Å². The number of primary amides is 1. The number of phenols is 1. The van der Waals surface area contributed by atoms with E-state index in [1.54, 1.807) is 19.1 Å². The highest BCUT2D eigenvalue weighted by atomic mass is 16.5. The zero-order valence-corrected chi connectivity index (χ0v) is 10.6. The van der Waals surface area contributed by atoms with Crippen LogP contribution in [0.2, 0.25) is 0 Å². The Kier molecular flexibility index (Phi) is 3.71. The number of benzene rings is 1. The average molecular weight is 264 g/mol. The Balaban J connectivity index is 2.31. The van der Waals surface area contributed by atoms with Crippen LogP contribution in [0.15, 0.2) is 18.2 Å². The molecule has 2 amide bonds. The van der Waals surface area contributed by atoms with Crippen LogP contribution in [0, 0.1) is 6.92 Å². The fraction of sp³-hybridized carbons (Fsp3) is 0.385. The number of morpholine rings is 1. The van der Waals surface area contributed by atoms with Crippen LogP contribution < -0.4 is 5.73 Å². The molecule has 1 aromatic carbocycles. The van der Waals surface area contributed by atoms with Gasteiger partial charge in [-0.05, 0) is 19.1 Å². The number of rotatable bonds is 2. The average Bonchev–Trinajstić information content (AvgIpc) is 2.41. The van der Waals surface area contributed by atoms with Gasteiger partial charge in [0, 0.05) is 17.7 Å². The van der Waals surface area contributed by atoms with Crippen molar-refractivity contribution >= 4 is 11.8 Å². The van der Waals surface area contributed by atoms with Crippen LogP contribution in [0.25, 0.3) is 0 Å². The molecule has 1 unspecified atom stereocenters. The standard InChI is InChI=1S/C13H16N2O4/c1-8-9(3-2-4-11(8)16)13(18)15-5-6-19-7-10(15)12(14)17/h2-4,10,16H,5-7H2,1H3,(H2,14,17). The maximum absolute atomic E-state index is 12.4. The summed E-state index contributed by atoms with van der Waals surface area (Å²) < 4.78 is 5.17. The molecular weight excluding hydrogens is 248 g/mol. The summed E-state index contributed by atoms with van der Waals surface area (Å²) in [6.07, 6.45) is 0. The van der Waals surface area contributed by atoms with Crippen LogP contribution in [0.3, 0.4) is 0 Å². The largest absolute Gasteiger partial charge is 0.508 e. The van der Waals surface area contributed by atoms with Gasteiger partial charge in [0.2, 0.25) is 5.91 Å². The normalized spacial score (nSPS) is 19.2. The molecule has 19 heavy (non-hydrogen) atoms. The monoisotopic (exact) mass is 264 g/mol. The molecule has 0 saturated carbocycles. The number of nitrogens with zero attached hydrogens (tertiary/aromatic N) is 1. The summed E-state index contributed by atoms with van der Waals surface area (Å²) in [5.74, 6) is -0.860. The van der Waals surface area contributed by atoms with Gasteiger partial charge in [-0.1, -0.05) is 6.07 Å². The molecule has 6 heteroatoms. The van der Waals surface area contributed by atoms with Crippen molar-refractivity contribution in [3.8, 4) is 5.75 Å². The lowest BCUT2D eigenvalue weighted by molar-refractivity contribution is -0.127. The van der Waals surface area contributed by atoms with Crippen LogP contribution in [0.4, 0.5) is 0 Å². The van der Waals surface area contributed by atoms with Gasteiger partial charge in [0.05, 0.1) is 13.2 Å². The third-order valence-electron chi connectivity index (χ3n) is 3.25. The Morgan fingerprint density at radius 2 is 2.21 bits per heavy atom. The van der Waals surface area contributed by atoms with Crippen LogP contribution in [0.5, 0.6) is 5.75 Å². The summed E-state index contributed by atoms with van der Waals surface area (Å²) in [5, 5.41) is 9.64. The predicted octanol–water partition coefficient (Wildman–Crippen LogP) is 0.0269. The molecule has 1 aliphatic rings. The SMILES string of the molecule is Cc1c(O)cccc1C(=O)N1CCOCC1C(N)=O. The van der Waals surface area contributed by atoms with Gasteiger partial charge in [-0.25, -0.2) is 0 Å². The number of ether oxygens (including phenoxy) is 1. The first-order valence-corrected chi connectivity index (χ1v) is 5.99. The predicted molar refractivity (Wildman–Crippen MR) is 67.7 cm³/mol. The van der Waals surface area contributed by atoms with E-state index in [0.717, 1.165) is 0 Å². The number of hydrogen-bond donors (Lipinski definition) is 2. The number of nitrogens with two attached hydrogens (primary N) is 1. The fourth-order valence-corrected chi connectivity index (χ4v) is 2.09. The molecule has 2 rings (SSSR count). The van der Waals surface area contributed by atoms with E-state index in [9.17, 15) is 14.7 Å². The summed E-state index contributed by atoms with van der Waals surface area (Å²) in [5.41, 5.74) is 6.14. The number of carbonyl (C=O) groups is 2. The number of aromatic hydroxyl groups is 1. The summed E-state index contributed by atoms with van der Waals surface area (Å²) in [6, 6.07) is 3.96. The molecule has 3 N–H and O–H groups in total. The Labute approximate surface area is 110 Å². The highest BCUT2D eigenvalue weighted by Crippen LogP contribution is 2.22. The van der Waals surface area contributed by atoms with Crippen molar-refractivity contribution in [3.05, 3.63) is 29.3 Å². The molecule has 0 bridgehead atoms. The lowest BCUT2D eigenvalue weighted by atomic mass is 10.0. The second kappa shape index (κ2) is 5.27. The van der Waals surface area contributed by atoms with E-state index in [2.05, 4.69) is 0 Å². The summed E-state index contributed by atoms with van der Waals surface area (Å²) in [7, 11) is 0. The van der Waals surface area contributed by atoms with E-state index in [1.807, 2.05) is 0 Å². The molecule has 1 aromatic rings. The van der Waals surface area contributed by atoms with Gasteiger partial charge in [0.25, 0.3) is 5.91 Å². The molecule has 0 spiro atoms. The van der Waals surface area contributed by atoms with E-state index < -0.39 is 11.9 Å². The van der Waals surface area contributed by atoms with Crippen molar-refractivity contribution in [2.75, 3.05) is 19.8 Å². The molecule has 0 radical (unpaired) electrons. The smallest absolute Gasteiger partial charge is 0.255 e. The molecular formula is C13H16N2O4. The quantitative estimate of drug-likeness (QED) is 0.788. The molecule has 1 heterocycles. The molecule has 0 aliphatic carbocycles. The second-order valence-corrected chi connectivity index (χ2v) is 4.44. The van der Waals surface area contributed by atoms with Crippen molar-refractivity contribution < 1.29 is 19.4 Å². The Morgan fingerprint density at radius 1 is 1.47 bits per heavy atom. The topological polar surface area (TPSA) is 92.9 Å². The van der Waals surface area contributed by atoms with Crippen molar-refractivity contribution in [1.82, 2.24) is 4.90 Å². The highest BCUT2D eigenvalue weighted by Gasteiger charge is 2.32. The second-order valence-electron chi connectivity index (χ2n) is 4.44. The first kappa shape index (κ1) is 13.4. The number of amides is 2. The molecule has 1 fully saturated rings. The van der Waals surface area contributed by atoms with E-state index in [4.69, 9.17) is 10.5 Å². The number of carbonyl (C=O) groups excluding carboxylic acids is 2. The molecule has 102 valence electrons. The van der Waals surface area contributed by atoms with Crippen molar-refractivity contribution in [1.29, 1.82) is 0 Å². The van der Waals surface area contributed by atoms with E-state index >= 15 is 0 Å². The van der Waals surface area contributed by atoms with Gasteiger partial charge in [-0.15, -0.1) is 0 Å². The summed E-state index contributed by atoms with van der Waals surface area (Å²) in [4.78, 5) is 25.2. The highest BCUT2D eigenvalue weighted by molar-refractivity contribution is 5.99. The minimum absolute atomic E-state index is 0.0507. The first-order chi connectivity index (χ1) is 9.02. The van der Waals surface area contributed by atoms with Crippen molar-refractivity contribution in [2.24, 2.45) is 5.73 Å². The van der Waals surface area contributed by atoms with Crippen LogP contribution in [-0.2, 0) is 9.53 Å². The Morgan fingerprint density at radius 3 is 2.89 bits per heavy atom. The Bertz CT molecular complexity index is 515. The van der Waals surface area contributed by atoms with Crippen molar-refractivity contribution in [2.45, 2.75) is 13.0 Å². The lowest BCUT2D eigenvalue weighted by Gasteiger charge is -2.33. The first-order valence-electron chi connectivity index (χ1n) is 5.99. The zero-order chi connectivity index (χ0) is 14.0. The maximum atomic E-state index is 12.4. The third kappa shape index (κ3) is 2.53. The summed E-state index contributed by atoms with van der Waals surface area (Å²) >= 11 is 0. The van der Waals surface area contributed by atoms with Crippen molar-refractivity contribution in [3.63, 3.8) is 0 Å². The maximum Gasteiger partial charge on any atom is 0.255 e. The van der Waals surface area contributed by atoms with E-state index in [-0.39, 0.29) is 18.3 Å². The van der Waals surface area contributed by atoms with Crippen LogP contribution in [-0.4, -0.2) is 47.6 Å². The van der Waals surface area contributed by atoms with Crippen LogP contribution in [0.1, 0.15) is 15.9 Å². The fourth-order valence-electron chi connectivity index (χ4n) is 2.09.